The molecule has 0 spiro atoms. The van der Waals surface area contributed by atoms with Crippen molar-refractivity contribution in [1.82, 2.24) is 10.3 Å². The van der Waals surface area contributed by atoms with Gasteiger partial charge in [-0.3, -0.25) is 19.9 Å². The van der Waals surface area contributed by atoms with Gasteiger partial charge in [0.25, 0.3) is 11.6 Å². The maximum atomic E-state index is 12.5. The van der Waals surface area contributed by atoms with Crippen molar-refractivity contribution in [3.8, 4) is 17.1 Å². The molecule has 6 rings (SSSR count). The number of benzene rings is 3. The summed E-state index contributed by atoms with van der Waals surface area (Å²) < 4.78 is 11.9. The van der Waals surface area contributed by atoms with Gasteiger partial charge >= 0.3 is 0 Å². The fourth-order valence-corrected chi connectivity index (χ4v) is 5.28. The molecule has 3 heterocycles. The SMILES string of the molecule is O=C(COc1ccccc1)Nc1ccc(N2C(=S)N[C@@H](c3ccccn3)[C@H]2c2ccc(-c3cccc([N+](=O)[O-])c3)o2)cc1. The van der Waals surface area contributed by atoms with Gasteiger partial charge in [0.05, 0.1) is 16.7 Å². The number of rotatable bonds is 9. The van der Waals surface area contributed by atoms with Gasteiger partial charge < -0.3 is 24.7 Å². The first-order valence-corrected chi connectivity index (χ1v) is 13.8. The van der Waals surface area contributed by atoms with E-state index in [1.165, 1.54) is 12.1 Å². The number of aromatic nitrogens is 1. The number of hydrogen-bond donors (Lipinski definition) is 2. The number of carbonyl (C=O) groups is 1. The highest BCUT2D eigenvalue weighted by Crippen LogP contribution is 2.43. The molecule has 0 saturated carbocycles. The fraction of sp³-hybridized carbons (Fsp3) is 0.0938. The van der Waals surface area contributed by atoms with Gasteiger partial charge in [-0.1, -0.05) is 36.4 Å². The van der Waals surface area contributed by atoms with Crippen LogP contribution in [0.5, 0.6) is 5.75 Å². The number of hydrogen-bond acceptors (Lipinski definition) is 7. The summed E-state index contributed by atoms with van der Waals surface area (Å²) in [6, 6.07) is 31.3. The molecule has 0 unspecified atom stereocenters. The van der Waals surface area contributed by atoms with Crippen molar-refractivity contribution < 1.29 is 18.9 Å². The van der Waals surface area contributed by atoms with E-state index in [0.29, 0.717) is 33.6 Å². The molecule has 0 bridgehead atoms. The van der Waals surface area contributed by atoms with Crippen LogP contribution in [0.1, 0.15) is 23.5 Å². The minimum Gasteiger partial charge on any atom is -0.484 e. The van der Waals surface area contributed by atoms with Gasteiger partial charge in [-0.15, -0.1) is 0 Å². The molecule has 214 valence electrons. The number of amides is 1. The van der Waals surface area contributed by atoms with Gasteiger partial charge in [0.1, 0.15) is 23.3 Å². The van der Waals surface area contributed by atoms with Crippen LogP contribution in [-0.4, -0.2) is 27.5 Å². The molecule has 1 amide bonds. The number of ether oxygens (including phenoxy) is 1. The molecule has 1 aliphatic rings. The maximum absolute atomic E-state index is 12.5. The molecular formula is C32H25N5O5S. The minimum atomic E-state index is -0.437. The number of nitrogens with zero attached hydrogens (tertiary/aromatic N) is 3. The van der Waals surface area contributed by atoms with E-state index in [0.717, 1.165) is 11.4 Å². The number of nitro benzene ring substituents is 1. The molecule has 2 aromatic heterocycles. The number of nitrogens with one attached hydrogen (secondary N) is 2. The van der Waals surface area contributed by atoms with Crippen molar-refractivity contribution in [2.75, 3.05) is 16.8 Å². The molecular weight excluding hydrogens is 566 g/mol. The average Bonchev–Trinajstić information content (AvgIpc) is 3.66. The first-order chi connectivity index (χ1) is 21.0. The summed E-state index contributed by atoms with van der Waals surface area (Å²) in [5.41, 5.74) is 2.71. The summed E-state index contributed by atoms with van der Waals surface area (Å²) in [7, 11) is 0. The second-order valence-corrected chi connectivity index (χ2v) is 10.1. The highest BCUT2D eigenvalue weighted by Gasteiger charge is 2.42. The lowest BCUT2D eigenvalue weighted by atomic mass is 10.0. The molecule has 3 aromatic carbocycles. The largest absolute Gasteiger partial charge is 0.484 e. The van der Waals surface area contributed by atoms with Crippen molar-refractivity contribution in [3.05, 3.63) is 137 Å². The molecule has 5 aromatic rings. The molecule has 2 atom stereocenters. The maximum Gasteiger partial charge on any atom is 0.270 e. The number of furan rings is 1. The standard InChI is InChI=1S/C32H25N5O5S/c38-29(20-41-25-9-2-1-3-10-25)34-22-12-14-23(15-13-22)36-31(30(35-32(36)43)26-11-4-5-18-33-26)28-17-16-27(42-28)21-7-6-8-24(19-21)37(39)40/h1-19,30-31H,20H2,(H,34,38)(H,35,43)/t30-,31+/m0/s1. The highest BCUT2D eigenvalue weighted by atomic mass is 32.1. The molecule has 0 aliphatic carbocycles. The van der Waals surface area contributed by atoms with Gasteiger partial charge in [0, 0.05) is 35.3 Å². The van der Waals surface area contributed by atoms with Gasteiger partial charge in [-0.25, -0.2) is 0 Å². The van der Waals surface area contributed by atoms with Crippen molar-refractivity contribution >= 4 is 40.3 Å². The zero-order valence-electron chi connectivity index (χ0n) is 22.6. The smallest absolute Gasteiger partial charge is 0.270 e. The lowest BCUT2D eigenvalue weighted by molar-refractivity contribution is -0.384. The Balaban J connectivity index is 1.26. The van der Waals surface area contributed by atoms with Crippen LogP contribution in [-0.2, 0) is 4.79 Å². The van der Waals surface area contributed by atoms with E-state index >= 15 is 0 Å². The average molecular weight is 592 g/mol. The summed E-state index contributed by atoms with van der Waals surface area (Å²) in [5, 5.41) is 18.0. The Hall–Kier alpha value is -5.55. The molecule has 0 radical (unpaired) electrons. The van der Waals surface area contributed by atoms with Gasteiger partial charge in [0.2, 0.25) is 0 Å². The number of para-hydroxylation sites is 1. The van der Waals surface area contributed by atoms with Crippen LogP contribution in [0.15, 0.2) is 120 Å². The Labute approximate surface area is 252 Å². The molecule has 43 heavy (non-hydrogen) atoms. The van der Waals surface area contributed by atoms with E-state index in [1.54, 1.807) is 48.7 Å². The number of nitro groups is 1. The van der Waals surface area contributed by atoms with E-state index in [9.17, 15) is 14.9 Å². The van der Waals surface area contributed by atoms with Crippen LogP contribution < -0.4 is 20.3 Å². The zero-order chi connectivity index (χ0) is 29.8. The Morgan fingerprint density at radius 3 is 2.53 bits per heavy atom. The summed E-state index contributed by atoms with van der Waals surface area (Å²) in [5.74, 6) is 1.42. The van der Waals surface area contributed by atoms with Crippen molar-refractivity contribution in [2.45, 2.75) is 12.1 Å². The van der Waals surface area contributed by atoms with Crippen LogP contribution in [0.4, 0.5) is 17.1 Å². The molecule has 10 nitrogen and oxygen atoms in total. The van der Waals surface area contributed by atoms with Crippen molar-refractivity contribution in [3.63, 3.8) is 0 Å². The Bertz CT molecular complexity index is 1760. The monoisotopic (exact) mass is 591 g/mol. The number of non-ortho nitro benzene ring substituents is 1. The summed E-state index contributed by atoms with van der Waals surface area (Å²) in [4.78, 5) is 29.8. The predicted molar refractivity (Wildman–Crippen MR) is 166 cm³/mol. The van der Waals surface area contributed by atoms with Gasteiger partial charge in [-0.05, 0) is 72.9 Å². The number of pyridine rings is 1. The number of carbonyl (C=O) groups excluding carboxylic acids is 1. The second kappa shape index (κ2) is 12.1. The van der Waals surface area contributed by atoms with E-state index in [1.807, 2.05) is 59.5 Å². The molecule has 11 heteroatoms. The quantitative estimate of drug-likeness (QED) is 0.113. The van der Waals surface area contributed by atoms with E-state index in [2.05, 4.69) is 15.6 Å². The van der Waals surface area contributed by atoms with Crippen molar-refractivity contribution in [2.24, 2.45) is 0 Å². The molecule has 1 saturated heterocycles. The third-order valence-corrected chi connectivity index (χ3v) is 7.21. The van der Waals surface area contributed by atoms with Crippen LogP contribution in [0, 0.1) is 10.1 Å². The first kappa shape index (κ1) is 27.6. The molecule has 2 N–H and O–H groups in total. The topological polar surface area (TPSA) is 123 Å². The van der Waals surface area contributed by atoms with Crippen LogP contribution >= 0.6 is 12.2 Å². The Morgan fingerprint density at radius 2 is 1.79 bits per heavy atom. The fourth-order valence-electron chi connectivity index (χ4n) is 4.93. The lowest BCUT2D eigenvalue weighted by Gasteiger charge is -2.26. The van der Waals surface area contributed by atoms with E-state index in [-0.39, 0.29) is 24.2 Å². The highest BCUT2D eigenvalue weighted by molar-refractivity contribution is 7.80. The van der Waals surface area contributed by atoms with Gasteiger partial charge in [-0.2, -0.15) is 0 Å². The minimum absolute atomic E-state index is 0.0223. The third-order valence-electron chi connectivity index (χ3n) is 6.90. The number of thiocarbonyl (C=S) groups is 1. The van der Waals surface area contributed by atoms with Gasteiger partial charge in [0.15, 0.2) is 11.7 Å². The summed E-state index contributed by atoms with van der Waals surface area (Å²) in [6.07, 6.45) is 1.72. The van der Waals surface area contributed by atoms with Crippen LogP contribution in [0.3, 0.4) is 0 Å². The number of anilines is 2. The van der Waals surface area contributed by atoms with Crippen LogP contribution in [0.25, 0.3) is 11.3 Å². The Morgan fingerprint density at radius 1 is 1.00 bits per heavy atom. The summed E-state index contributed by atoms with van der Waals surface area (Å²) in [6.45, 7) is -0.120. The Kier molecular flexibility index (Phi) is 7.79. The second-order valence-electron chi connectivity index (χ2n) is 9.70. The lowest BCUT2D eigenvalue weighted by Crippen LogP contribution is -2.29. The van der Waals surface area contributed by atoms with E-state index < -0.39 is 11.0 Å². The zero-order valence-corrected chi connectivity index (χ0v) is 23.4. The van der Waals surface area contributed by atoms with Crippen LogP contribution in [0.2, 0.25) is 0 Å². The normalized spacial score (nSPS) is 16.0. The van der Waals surface area contributed by atoms with Crippen molar-refractivity contribution in [1.29, 1.82) is 0 Å². The molecule has 1 aliphatic heterocycles. The third kappa shape index (κ3) is 6.07. The predicted octanol–water partition coefficient (Wildman–Crippen LogP) is 6.44. The summed E-state index contributed by atoms with van der Waals surface area (Å²) >= 11 is 5.79. The molecule has 1 fully saturated rings. The van der Waals surface area contributed by atoms with E-state index in [4.69, 9.17) is 21.4 Å². The first-order valence-electron chi connectivity index (χ1n) is 13.4.